The first-order valence-corrected chi connectivity index (χ1v) is 4.28. The van der Waals surface area contributed by atoms with Crippen LogP contribution >= 0.6 is 0 Å². The number of pyridine rings is 1. The van der Waals surface area contributed by atoms with Crippen molar-refractivity contribution in [3.63, 3.8) is 0 Å². The van der Waals surface area contributed by atoms with Gasteiger partial charge >= 0.3 is 0 Å². The molecule has 0 aliphatic carbocycles. The van der Waals surface area contributed by atoms with Crippen LogP contribution in [0.25, 0.3) is 11.1 Å². The molecule has 0 aliphatic heterocycles. The summed E-state index contributed by atoms with van der Waals surface area (Å²) in [5.74, 6) is 0. The molecule has 2 aromatic rings. The summed E-state index contributed by atoms with van der Waals surface area (Å²) in [6.45, 7) is 2.53. The standard InChI is InChI=1S/C9H11N3O/c1-2-8-7-3-6(4-10)5-11-9(7)13-12-8/h3,5H,2,4,10H2,1H3. The van der Waals surface area contributed by atoms with E-state index in [0.717, 1.165) is 23.1 Å². The van der Waals surface area contributed by atoms with E-state index in [1.54, 1.807) is 6.20 Å². The Morgan fingerprint density at radius 2 is 2.38 bits per heavy atom. The van der Waals surface area contributed by atoms with Crippen molar-refractivity contribution in [3.8, 4) is 0 Å². The van der Waals surface area contributed by atoms with Crippen LogP contribution < -0.4 is 5.73 Å². The lowest BCUT2D eigenvalue weighted by Gasteiger charge is -1.94. The van der Waals surface area contributed by atoms with E-state index in [1.165, 1.54) is 0 Å². The fraction of sp³-hybridized carbons (Fsp3) is 0.333. The van der Waals surface area contributed by atoms with Crippen molar-refractivity contribution in [2.75, 3.05) is 0 Å². The average Bonchev–Trinajstić information content (AvgIpc) is 2.59. The molecule has 2 heterocycles. The Labute approximate surface area is 75.7 Å². The minimum Gasteiger partial charge on any atom is -0.336 e. The third kappa shape index (κ3) is 1.29. The van der Waals surface area contributed by atoms with Gasteiger partial charge < -0.3 is 10.3 Å². The van der Waals surface area contributed by atoms with Crippen molar-refractivity contribution < 1.29 is 4.52 Å². The summed E-state index contributed by atoms with van der Waals surface area (Å²) < 4.78 is 5.04. The number of aromatic nitrogens is 2. The number of rotatable bonds is 2. The molecule has 0 amide bonds. The Bertz CT molecular complexity index is 422. The number of aryl methyl sites for hydroxylation is 1. The van der Waals surface area contributed by atoms with Gasteiger partial charge in [-0.25, -0.2) is 4.98 Å². The normalized spacial score (nSPS) is 10.9. The van der Waals surface area contributed by atoms with Gasteiger partial charge in [-0.15, -0.1) is 0 Å². The smallest absolute Gasteiger partial charge is 0.257 e. The number of nitrogens with zero attached hydrogens (tertiary/aromatic N) is 2. The molecule has 4 nitrogen and oxygen atoms in total. The van der Waals surface area contributed by atoms with Crippen molar-refractivity contribution in [1.82, 2.24) is 10.1 Å². The number of hydrogen-bond acceptors (Lipinski definition) is 4. The SMILES string of the molecule is CCc1noc2ncc(CN)cc12. The van der Waals surface area contributed by atoms with E-state index in [0.29, 0.717) is 12.3 Å². The molecule has 0 fully saturated rings. The highest BCUT2D eigenvalue weighted by atomic mass is 16.5. The molecule has 0 saturated heterocycles. The third-order valence-corrected chi connectivity index (χ3v) is 2.03. The molecule has 2 rings (SSSR count). The van der Waals surface area contributed by atoms with Crippen LogP contribution in [0.5, 0.6) is 0 Å². The monoisotopic (exact) mass is 177 g/mol. The minimum absolute atomic E-state index is 0.497. The Kier molecular flexibility index (Phi) is 1.98. The third-order valence-electron chi connectivity index (χ3n) is 2.03. The maximum Gasteiger partial charge on any atom is 0.257 e. The van der Waals surface area contributed by atoms with E-state index in [1.807, 2.05) is 13.0 Å². The zero-order valence-corrected chi connectivity index (χ0v) is 7.45. The molecule has 4 heteroatoms. The van der Waals surface area contributed by atoms with Gasteiger partial charge in [0.2, 0.25) is 0 Å². The first-order valence-electron chi connectivity index (χ1n) is 4.28. The Balaban J connectivity index is 2.64. The lowest BCUT2D eigenvalue weighted by molar-refractivity contribution is 0.440. The molecule has 0 atom stereocenters. The summed E-state index contributed by atoms with van der Waals surface area (Å²) >= 11 is 0. The molecule has 0 unspecified atom stereocenters. The Morgan fingerprint density at radius 1 is 1.54 bits per heavy atom. The molecule has 2 N–H and O–H groups in total. The van der Waals surface area contributed by atoms with E-state index in [2.05, 4.69) is 10.1 Å². The van der Waals surface area contributed by atoms with Crippen LogP contribution in [0.15, 0.2) is 16.8 Å². The van der Waals surface area contributed by atoms with Crippen LogP contribution in [0, 0.1) is 0 Å². The van der Waals surface area contributed by atoms with Crippen LogP contribution in [-0.2, 0) is 13.0 Å². The number of fused-ring (bicyclic) bond motifs is 1. The summed E-state index contributed by atoms with van der Waals surface area (Å²) in [5.41, 5.74) is 8.05. The quantitative estimate of drug-likeness (QED) is 0.749. The lowest BCUT2D eigenvalue weighted by atomic mass is 10.2. The van der Waals surface area contributed by atoms with Gasteiger partial charge in [-0.1, -0.05) is 12.1 Å². The van der Waals surface area contributed by atoms with E-state index in [4.69, 9.17) is 10.3 Å². The fourth-order valence-corrected chi connectivity index (χ4v) is 1.29. The van der Waals surface area contributed by atoms with Crippen molar-refractivity contribution in [1.29, 1.82) is 0 Å². The first kappa shape index (κ1) is 8.19. The number of hydrogen-bond donors (Lipinski definition) is 1. The van der Waals surface area contributed by atoms with Gasteiger partial charge in [0.25, 0.3) is 5.71 Å². The predicted molar refractivity (Wildman–Crippen MR) is 49.1 cm³/mol. The molecular formula is C9H11N3O. The zero-order chi connectivity index (χ0) is 9.26. The van der Waals surface area contributed by atoms with Crippen LogP contribution in [0.3, 0.4) is 0 Å². The average molecular weight is 177 g/mol. The topological polar surface area (TPSA) is 64.9 Å². The Hall–Kier alpha value is -1.42. The van der Waals surface area contributed by atoms with E-state index in [9.17, 15) is 0 Å². The van der Waals surface area contributed by atoms with Crippen molar-refractivity contribution in [2.24, 2.45) is 5.73 Å². The van der Waals surface area contributed by atoms with E-state index < -0.39 is 0 Å². The van der Waals surface area contributed by atoms with Gasteiger partial charge in [0.1, 0.15) is 0 Å². The van der Waals surface area contributed by atoms with Gasteiger partial charge in [0.05, 0.1) is 11.1 Å². The predicted octanol–water partition coefficient (Wildman–Crippen LogP) is 1.24. The second-order valence-electron chi connectivity index (χ2n) is 2.88. The van der Waals surface area contributed by atoms with E-state index in [-0.39, 0.29) is 0 Å². The molecule has 0 radical (unpaired) electrons. The molecule has 0 saturated carbocycles. The zero-order valence-electron chi connectivity index (χ0n) is 7.45. The second-order valence-corrected chi connectivity index (χ2v) is 2.88. The maximum atomic E-state index is 5.51. The first-order chi connectivity index (χ1) is 6.35. The van der Waals surface area contributed by atoms with E-state index >= 15 is 0 Å². The highest BCUT2D eigenvalue weighted by Gasteiger charge is 2.07. The lowest BCUT2D eigenvalue weighted by Crippen LogP contribution is -1.96. The largest absolute Gasteiger partial charge is 0.336 e. The summed E-state index contributed by atoms with van der Waals surface area (Å²) in [4.78, 5) is 4.11. The summed E-state index contributed by atoms with van der Waals surface area (Å²) in [7, 11) is 0. The van der Waals surface area contributed by atoms with Crippen molar-refractivity contribution in [2.45, 2.75) is 19.9 Å². The maximum absolute atomic E-state index is 5.51. The minimum atomic E-state index is 0.497. The van der Waals surface area contributed by atoms with Gasteiger partial charge in [-0.2, -0.15) is 0 Å². The van der Waals surface area contributed by atoms with Crippen LogP contribution in [0.2, 0.25) is 0 Å². The Morgan fingerprint density at radius 3 is 3.08 bits per heavy atom. The highest BCUT2D eigenvalue weighted by Crippen LogP contribution is 2.17. The van der Waals surface area contributed by atoms with Gasteiger partial charge in [-0.3, -0.25) is 0 Å². The molecule has 0 aromatic carbocycles. The van der Waals surface area contributed by atoms with Crippen molar-refractivity contribution in [3.05, 3.63) is 23.5 Å². The molecule has 0 bridgehead atoms. The second kappa shape index (κ2) is 3.14. The fourth-order valence-electron chi connectivity index (χ4n) is 1.29. The van der Waals surface area contributed by atoms with Crippen LogP contribution in [0.4, 0.5) is 0 Å². The van der Waals surface area contributed by atoms with Gasteiger partial charge in [-0.05, 0) is 18.1 Å². The summed E-state index contributed by atoms with van der Waals surface area (Å²) in [5, 5.41) is 4.89. The number of nitrogens with two attached hydrogens (primary N) is 1. The van der Waals surface area contributed by atoms with Crippen LogP contribution in [-0.4, -0.2) is 10.1 Å². The molecular weight excluding hydrogens is 166 g/mol. The molecule has 13 heavy (non-hydrogen) atoms. The summed E-state index contributed by atoms with van der Waals surface area (Å²) in [6.07, 6.45) is 2.57. The highest BCUT2D eigenvalue weighted by molar-refractivity contribution is 5.76. The molecule has 68 valence electrons. The van der Waals surface area contributed by atoms with Crippen LogP contribution in [0.1, 0.15) is 18.2 Å². The molecule has 0 spiro atoms. The molecule has 2 aromatic heterocycles. The van der Waals surface area contributed by atoms with Crippen molar-refractivity contribution >= 4 is 11.1 Å². The van der Waals surface area contributed by atoms with Gasteiger partial charge in [0, 0.05) is 12.7 Å². The van der Waals surface area contributed by atoms with Gasteiger partial charge in [0.15, 0.2) is 0 Å². The summed E-state index contributed by atoms with van der Waals surface area (Å²) in [6, 6.07) is 1.98. The molecule has 0 aliphatic rings.